The van der Waals surface area contributed by atoms with E-state index >= 15 is 0 Å². The fraction of sp³-hybridized carbons (Fsp3) is 0.320. The van der Waals surface area contributed by atoms with Crippen molar-refractivity contribution in [1.29, 1.82) is 0 Å². The predicted octanol–water partition coefficient (Wildman–Crippen LogP) is 3.52. The van der Waals surface area contributed by atoms with Gasteiger partial charge in [-0.25, -0.2) is 4.98 Å². The number of amides is 2. The molecule has 1 aromatic heterocycles. The van der Waals surface area contributed by atoms with E-state index in [1.165, 1.54) is 6.39 Å². The number of anilines is 3. The SMILES string of the molecule is CC1(C)CN(C(=O)C2CC(=O)N(c3cccc(N)c3)C2)c2ccc(Cc3cnco3)cc21. The zero-order valence-corrected chi connectivity index (χ0v) is 18.2. The summed E-state index contributed by atoms with van der Waals surface area (Å²) >= 11 is 0. The van der Waals surface area contributed by atoms with E-state index in [0.717, 1.165) is 28.3 Å². The van der Waals surface area contributed by atoms with Crippen LogP contribution in [0.3, 0.4) is 0 Å². The number of hydrogen-bond acceptors (Lipinski definition) is 5. The van der Waals surface area contributed by atoms with Crippen LogP contribution >= 0.6 is 0 Å². The highest BCUT2D eigenvalue weighted by molar-refractivity contribution is 6.05. The number of aromatic nitrogens is 1. The Kier molecular flexibility index (Phi) is 4.77. The summed E-state index contributed by atoms with van der Waals surface area (Å²) in [6.45, 7) is 5.26. The first-order valence-corrected chi connectivity index (χ1v) is 10.8. The van der Waals surface area contributed by atoms with Crippen LogP contribution < -0.4 is 15.5 Å². The Labute approximate surface area is 186 Å². The Morgan fingerprint density at radius 2 is 2.09 bits per heavy atom. The van der Waals surface area contributed by atoms with Gasteiger partial charge in [-0.2, -0.15) is 0 Å². The summed E-state index contributed by atoms with van der Waals surface area (Å²) in [4.78, 5) is 33.7. The molecule has 3 aromatic rings. The fourth-order valence-corrected chi connectivity index (χ4v) is 4.80. The fourth-order valence-electron chi connectivity index (χ4n) is 4.80. The average molecular weight is 431 g/mol. The third kappa shape index (κ3) is 3.53. The van der Waals surface area contributed by atoms with Crippen LogP contribution in [-0.2, 0) is 21.4 Å². The quantitative estimate of drug-likeness (QED) is 0.640. The van der Waals surface area contributed by atoms with Crippen LogP contribution in [0, 0.1) is 5.92 Å². The van der Waals surface area contributed by atoms with E-state index < -0.39 is 0 Å². The van der Waals surface area contributed by atoms with E-state index in [0.29, 0.717) is 25.2 Å². The van der Waals surface area contributed by atoms with Crippen LogP contribution in [0.2, 0.25) is 0 Å². The van der Waals surface area contributed by atoms with Crippen molar-refractivity contribution in [2.45, 2.75) is 32.1 Å². The van der Waals surface area contributed by atoms with E-state index in [2.05, 4.69) is 24.9 Å². The van der Waals surface area contributed by atoms with E-state index in [9.17, 15) is 9.59 Å². The molecule has 2 aromatic carbocycles. The van der Waals surface area contributed by atoms with Gasteiger partial charge >= 0.3 is 0 Å². The number of nitrogens with two attached hydrogens (primary N) is 1. The average Bonchev–Trinajstić information content (AvgIpc) is 3.46. The van der Waals surface area contributed by atoms with Crippen LogP contribution in [0.4, 0.5) is 17.1 Å². The smallest absolute Gasteiger partial charge is 0.232 e. The molecule has 7 heteroatoms. The molecule has 0 bridgehead atoms. The summed E-state index contributed by atoms with van der Waals surface area (Å²) < 4.78 is 5.38. The lowest BCUT2D eigenvalue weighted by atomic mass is 9.86. The molecule has 7 nitrogen and oxygen atoms in total. The lowest BCUT2D eigenvalue weighted by Crippen LogP contribution is -2.39. The van der Waals surface area contributed by atoms with Crippen LogP contribution in [0.25, 0.3) is 0 Å². The van der Waals surface area contributed by atoms with Crippen molar-refractivity contribution >= 4 is 28.9 Å². The number of nitrogen functional groups attached to an aromatic ring is 1. The number of hydrogen-bond donors (Lipinski definition) is 1. The van der Waals surface area contributed by atoms with Crippen molar-refractivity contribution < 1.29 is 14.0 Å². The van der Waals surface area contributed by atoms with Gasteiger partial charge in [-0.05, 0) is 35.4 Å². The van der Waals surface area contributed by atoms with Crippen LogP contribution in [0.15, 0.2) is 59.5 Å². The Balaban J connectivity index is 1.38. The first-order valence-electron chi connectivity index (χ1n) is 10.8. The minimum absolute atomic E-state index is 0.000405. The molecule has 1 atom stereocenters. The number of fused-ring (bicyclic) bond motifs is 1. The zero-order valence-electron chi connectivity index (χ0n) is 18.2. The van der Waals surface area contributed by atoms with Crippen LogP contribution in [0.1, 0.15) is 37.2 Å². The maximum absolute atomic E-state index is 13.5. The number of benzene rings is 2. The molecule has 1 saturated heterocycles. The van der Waals surface area contributed by atoms with Gasteiger partial charge in [0, 0.05) is 48.4 Å². The molecule has 0 spiro atoms. The highest BCUT2D eigenvalue weighted by Gasteiger charge is 2.43. The van der Waals surface area contributed by atoms with Gasteiger partial charge in [0.05, 0.1) is 12.1 Å². The second-order valence-electron chi connectivity index (χ2n) is 9.30. The molecule has 3 heterocycles. The number of carbonyl (C=O) groups is 2. The van der Waals surface area contributed by atoms with Crippen LogP contribution in [-0.4, -0.2) is 29.9 Å². The van der Waals surface area contributed by atoms with Gasteiger partial charge in [-0.3, -0.25) is 9.59 Å². The number of rotatable bonds is 4. The summed E-state index contributed by atoms with van der Waals surface area (Å²) in [5.41, 5.74) is 10.2. The van der Waals surface area contributed by atoms with E-state index in [1.54, 1.807) is 23.2 Å². The Hall–Kier alpha value is -3.61. The van der Waals surface area contributed by atoms with Crippen molar-refractivity contribution in [2.75, 3.05) is 28.6 Å². The zero-order chi connectivity index (χ0) is 22.5. The Morgan fingerprint density at radius 3 is 2.84 bits per heavy atom. The first kappa shape index (κ1) is 20.3. The molecular weight excluding hydrogens is 404 g/mol. The number of carbonyl (C=O) groups excluding carboxylic acids is 2. The van der Waals surface area contributed by atoms with Gasteiger partial charge in [0.15, 0.2) is 6.39 Å². The second-order valence-corrected chi connectivity index (χ2v) is 9.30. The molecule has 0 radical (unpaired) electrons. The molecule has 2 aliphatic heterocycles. The number of oxazole rings is 1. The van der Waals surface area contributed by atoms with Crippen molar-refractivity contribution in [1.82, 2.24) is 4.98 Å². The molecule has 1 fully saturated rings. The third-order valence-electron chi connectivity index (χ3n) is 6.42. The topological polar surface area (TPSA) is 92.7 Å². The molecule has 5 rings (SSSR count). The largest absolute Gasteiger partial charge is 0.448 e. The van der Waals surface area contributed by atoms with Gasteiger partial charge in [0.25, 0.3) is 0 Å². The van der Waals surface area contributed by atoms with E-state index in [4.69, 9.17) is 10.2 Å². The van der Waals surface area contributed by atoms with Gasteiger partial charge in [0.2, 0.25) is 11.8 Å². The highest BCUT2D eigenvalue weighted by Crippen LogP contribution is 2.42. The van der Waals surface area contributed by atoms with Gasteiger partial charge in [-0.1, -0.05) is 32.0 Å². The molecule has 2 aliphatic rings. The molecule has 2 amide bonds. The molecule has 164 valence electrons. The molecule has 1 unspecified atom stereocenters. The molecule has 0 saturated carbocycles. The van der Waals surface area contributed by atoms with Crippen LogP contribution in [0.5, 0.6) is 0 Å². The maximum Gasteiger partial charge on any atom is 0.232 e. The van der Waals surface area contributed by atoms with Crippen molar-refractivity contribution in [2.24, 2.45) is 5.92 Å². The molecule has 0 aliphatic carbocycles. The van der Waals surface area contributed by atoms with Crippen molar-refractivity contribution in [3.05, 3.63) is 71.9 Å². The molecule has 32 heavy (non-hydrogen) atoms. The molecular formula is C25H26N4O3. The van der Waals surface area contributed by atoms with E-state index in [1.807, 2.05) is 29.2 Å². The lowest BCUT2D eigenvalue weighted by Gasteiger charge is -2.23. The minimum atomic E-state index is -0.375. The summed E-state index contributed by atoms with van der Waals surface area (Å²) in [5.74, 6) is 0.383. The van der Waals surface area contributed by atoms with E-state index in [-0.39, 0.29) is 29.6 Å². The normalized spacial score (nSPS) is 19.4. The summed E-state index contributed by atoms with van der Waals surface area (Å²) in [6.07, 6.45) is 4.02. The molecule has 2 N–H and O–H groups in total. The van der Waals surface area contributed by atoms with Crippen molar-refractivity contribution in [3.63, 3.8) is 0 Å². The maximum atomic E-state index is 13.5. The summed E-state index contributed by atoms with van der Waals surface area (Å²) in [6, 6.07) is 13.4. The Bertz CT molecular complexity index is 1190. The van der Waals surface area contributed by atoms with Crippen molar-refractivity contribution in [3.8, 4) is 0 Å². The first-order chi connectivity index (χ1) is 15.3. The third-order valence-corrected chi connectivity index (χ3v) is 6.42. The lowest BCUT2D eigenvalue weighted by molar-refractivity contribution is -0.124. The predicted molar refractivity (Wildman–Crippen MR) is 122 cm³/mol. The monoisotopic (exact) mass is 430 g/mol. The van der Waals surface area contributed by atoms with Gasteiger partial charge in [-0.15, -0.1) is 0 Å². The standard InChI is InChI=1S/C25H26N4O3/c1-25(2)14-29(22-7-6-16(9-21(22)25)8-20-12-27-15-32-20)24(31)17-10-23(30)28(13-17)19-5-3-4-18(26)11-19/h3-7,9,11-12,15,17H,8,10,13-14,26H2,1-2H3. The van der Waals surface area contributed by atoms with Gasteiger partial charge in [0.1, 0.15) is 5.76 Å². The number of nitrogens with zero attached hydrogens (tertiary/aromatic N) is 3. The summed E-state index contributed by atoms with van der Waals surface area (Å²) in [5, 5.41) is 0. The second kappa shape index (κ2) is 7.51. The summed E-state index contributed by atoms with van der Waals surface area (Å²) in [7, 11) is 0. The van der Waals surface area contributed by atoms with Gasteiger partial charge < -0.3 is 20.0 Å². The Morgan fingerprint density at radius 1 is 1.25 bits per heavy atom. The minimum Gasteiger partial charge on any atom is -0.448 e. The highest BCUT2D eigenvalue weighted by atomic mass is 16.3.